The van der Waals surface area contributed by atoms with E-state index in [4.69, 9.17) is 10.5 Å². The number of amides is 1. The predicted molar refractivity (Wildman–Crippen MR) is 95.9 cm³/mol. The first-order valence-corrected chi connectivity index (χ1v) is 7.31. The van der Waals surface area contributed by atoms with E-state index in [0.29, 0.717) is 31.0 Å². The maximum absolute atomic E-state index is 12.3. The second-order valence-electron chi connectivity index (χ2n) is 5.34. The summed E-state index contributed by atoms with van der Waals surface area (Å²) in [5.41, 5.74) is 9.20. The summed E-state index contributed by atoms with van der Waals surface area (Å²) in [6, 6.07) is 15.4. The second-order valence-corrected chi connectivity index (χ2v) is 5.34. The lowest BCUT2D eigenvalue weighted by atomic mass is 10.1. The van der Waals surface area contributed by atoms with E-state index in [2.05, 4.69) is 0 Å². The molecule has 23 heavy (non-hydrogen) atoms. The molecular weight excluding hydrogens is 312 g/mol. The first kappa shape index (κ1) is 19.0. The molecule has 2 N–H and O–H groups in total. The Labute approximate surface area is 143 Å². The molecule has 0 unspecified atom stereocenters. The van der Waals surface area contributed by atoms with Crippen molar-refractivity contribution in [1.29, 1.82) is 0 Å². The molecule has 2 aromatic rings. The van der Waals surface area contributed by atoms with E-state index in [0.717, 1.165) is 11.1 Å². The maximum atomic E-state index is 12.3. The molecule has 124 valence electrons. The highest BCUT2D eigenvalue weighted by Gasteiger charge is 2.12. The van der Waals surface area contributed by atoms with Crippen LogP contribution in [-0.2, 0) is 11.3 Å². The molecule has 0 saturated heterocycles. The number of likely N-dealkylation sites (N-methyl/N-ethyl adjacent to an activating group) is 1. The van der Waals surface area contributed by atoms with Crippen LogP contribution in [0.5, 0.6) is 0 Å². The Morgan fingerprint density at radius 1 is 1.17 bits per heavy atom. The van der Waals surface area contributed by atoms with Gasteiger partial charge in [0.1, 0.15) is 0 Å². The lowest BCUT2D eigenvalue weighted by Gasteiger charge is -2.17. The number of benzene rings is 2. The molecule has 2 rings (SSSR count). The Bertz CT molecular complexity index is 632. The number of hydrogen-bond acceptors (Lipinski definition) is 3. The van der Waals surface area contributed by atoms with Gasteiger partial charge in [-0.2, -0.15) is 0 Å². The Hall–Kier alpha value is -2.04. The van der Waals surface area contributed by atoms with Gasteiger partial charge in [0, 0.05) is 24.8 Å². The van der Waals surface area contributed by atoms with Crippen LogP contribution in [0.2, 0.25) is 0 Å². The molecule has 0 aromatic heterocycles. The highest BCUT2D eigenvalue weighted by atomic mass is 35.5. The van der Waals surface area contributed by atoms with E-state index >= 15 is 0 Å². The number of ether oxygens (including phenoxy) is 1. The minimum absolute atomic E-state index is 0. The Morgan fingerprint density at radius 3 is 2.52 bits per heavy atom. The number of carbonyl (C=O) groups excluding carboxylic acids is 1. The molecule has 0 aliphatic heterocycles. The van der Waals surface area contributed by atoms with Crippen LogP contribution in [-0.4, -0.2) is 31.0 Å². The normalized spacial score (nSPS) is 10.0. The largest absolute Gasteiger partial charge is 0.398 e. The molecule has 0 atom stereocenters. The van der Waals surface area contributed by atoms with Gasteiger partial charge in [0.25, 0.3) is 5.91 Å². The monoisotopic (exact) mass is 334 g/mol. The van der Waals surface area contributed by atoms with E-state index in [1.165, 1.54) is 0 Å². The lowest BCUT2D eigenvalue weighted by Crippen LogP contribution is -2.30. The summed E-state index contributed by atoms with van der Waals surface area (Å²) < 4.78 is 5.60. The molecule has 0 saturated carbocycles. The molecule has 0 aliphatic rings. The van der Waals surface area contributed by atoms with Crippen molar-refractivity contribution in [3.8, 4) is 0 Å². The number of anilines is 1. The first-order chi connectivity index (χ1) is 10.6. The van der Waals surface area contributed by atoms with Crippen molar-refractivity contribution >= 4 is 24.0 Å². The van der Waals surface area contributed by atoms with E-state index < -0.39 is 0 Å². The van der Waals surface area contributed by atoms with Crippen molar-refractivity contribution in [3.63, 3.8) is 0 Å². The summed E-state index contributed by atoms with van der Waals surface area (Å²) in [5.74, 6) is -0.0463. The predicted octanol–water partition coefficient (Wildman–Crippen LogP) is 3.29. The van der Waals surface area contributed by atoms with Crippen LogP contribution < -0.4 is 5.73 Å². The molecule has 1 amide bonds. The Balaban J connectivity index is 0.00000264. The zero-order valence-electron chi connectivity index (χ0n) is 13.5. The highest BCUT2D eigenvalue weighted by Crippen LogP contribution is 2.14. The van der Waals surface area contributed by atoms with Crippen molar-refractivity contribution < 1.29 is 9.53 Å². The number of nitrogen functional groups attached to an aromatic ring is 1. The van der Waals surface area contributed by atoms with Crippen LogP contribution in [0, 0.1) is 6.92 Å². The zero-order chi connectivity index (χ0) is 15.9. The van der Waals surface area contributed by atoms with E-state index in [9.17, 15) is 4.79 Å². The number of aryl methyl sites for hydroxylation is 1. The third kappa shape index (κ3) is 5.58. The molecule has 0 fully saturated rings. The van der Waals surface area contributed by atoms with E-state index in [1.54, 1.807) is 24.1 Å². The van der Waals surface area contributed by atoms with Gasteiger partial charge in [-0.3, -0.25) is 4.79 Å². The summed E-state index contributed by atoms with van der Waals surface area (Å²) in [5, 5.41) is 0. The third-order valence-electron chi connectivity index (χ3n) is 3.56. The van der Waals surface area contributed by atoms with Crippen LogP contribution in [0.1, 0.15) is 21.5 Å². The van der Waals surface area contributed by atoms with E-state index in [1.807, 2.05) is 43.3 Å². The Kier molecular flexibility index (Phi) is 7.59. The van der Waals surface area contributed by atoms with Crippen molar-refractivity contribution in [2.45, 2.75) is 13.5 Å². The SMILES string of the molecule is Cc1ccc(C(=O)N(C)CCOCc2ccccc2)cc1N.Cl. The van der Waals surface area contributed by atoms with Crippen molar-refractivity contribution in [1.82, 2.24) is 4.90 Å². The molecule has 4 nitrogen and oxygen atoms in total. The van der Waals surface area contributed by atoms with E-state index in [-0.39, 0.29) is 18.3 Å². The van der Waals surface area contributed by atoms with Crippen molar-refractivity contribution in [3.05, 3.63) is 65.2 Å². The van der Waals surface area contributed by atoms with Gasteiger partial charge >= 0.3 is 0 Å². The lowest BCUT2D eigenvalue weighted by molar-refractivity contribution is 0.0670. The molecule has 5 heteroatoms. The van der Waals surface area contributed by atoms with Gasteiger partial charge in [0.2, 0.25) is 0 Å². The average molecular weight is 335 g/mol. The fraction of sp³-hybridized carbons (Fsp3) is 0.278. The number of carbonyl (C=O) groups is 1. The van der Waals surface area contributed by atoms with Gasteiger partial charge in [-0.25, -0.2) is 0 Å². The molecule has 0 spiro atoms. The highest BCUT2D eigenvalue weighted by molar-refractivity contribution is 5.95. The van der Waals surface area contributed by atoms with Gasteiger partial charge in [0.05, 0.1) is 13.2 Å². The van der Waals surface area contributed by atoms with Gasteiger partial charge in [0.15, 0.2) is 0 Å². The molecule has 0 aliphatic carbocycles. The van der Waals surface area contributed by atoms with Crippen LogP contribution in [0.25, 0.3) is 0 Å². The molecule has 0 heterocycles. The minimum atomic E-state index is -0.0463. The first-order valence-electron chi connectivity index (χ1n) is 7.31. The molecule has 0 radical (unpaired) electrons. The molecular formula is C18H23ClN2O2. The fourth-order valence-electron chi connectivity index (χ4n) is 2.06. The van der Waals surface area contributed by atoms with Crippen LogP contribution >= 0.6 is 12.4 Å². The summed E-state index contributed by atoms with van der Waals surface area (Å²) >= 11 is 0. The standard InChI is InChI=1S/C18H22N2O2.ClH/c1-14-8-9-16(12-17(14)19)18(21)20(2)10-11-22-13-15-6-4-3-5-7-15;/h3-9,12H,10-11,13,19H2,1-2H3;1H. The molecule has 0 bridgehead atoms. The average Bonchev–Trinajstić information content (AvgIpc) is 2.54. The summed E-state index contributed by atoms with van der Waals surface area (Å²) in [6.45, 7) is 3.52. The number of nitrogens with zero attached hydrogens (tertiary/aromatic N) is 1. The summed E-state index contributed by atoms with van der Waals surface area (Å²) in [7, 11) is 1.77. The minimum Gasteiger partial charge on any atom is -0.398 e. The number of nitrogens with two attached hydrogens (primary N) is 1. The van der Waals surface area contributed by atoms with Gasteiger partial charge < -0.3 is 15.4 Å². The smallest absolute Gasteiger partial charge is 0.253 e. The van der Waals surface area contributed by atoms with Crippen LogP contribution in [0.15, 0.2) is 48.5 Å². The number of hydrogen-bond donors (Lipinski definition) is 1. The topological polar surface area (TPSA) is 55.6 Å². The number of rotatable bonds is 6. The Morgan fingerprint density at radius 2 is 1.87 bits per heavy atom. The van der Waals surface area contributed by atoms with Crippen LogP contribution in [0.3, 0.4) is 0 Å². The second kappa shape index (κ2) is 9.18. The van der Waals surface area contributed by atoms with Crippen molar-refractivity contribution in [2.24, 2.45) is 0 Å². The third-order valence-corrected chi connectivity index (χ3v) is 3.56. The van der Waals surface area contributed by atoms with Gasteiger partial charge in [-0.1, -0.05) is 36.4 Å². The molecule has 2 aromatic carbocycles. The summed E-state index contributed by atoms with van der Waals surface area (Å²) in [6.07, 6.45) is 0. The number of halogens is 1. The summed E-state index contributed by atoms with van der Waals surface area (Å²) in [4.78, 5) is 13.9. The van der Waals surface area contributed by atoms with Crippen LogP contribution in [0.4, 0.5) is 5.69 Å². The maximum Gasteiger partial charge on any atom is 0.253 e. The van der Waals surface area contributed by atoms with Gasteiger partial charge in [-0.15, -0.1) is 12.4 Å². The van der Waals surface area contributed by atoms with Crippen molar-refractivity contribution in [2.75, 3.05) is 25.9 Å². The zero-order valence-corrected chi connectivity index (χ0v) is 14.3. The quantitative estimate of drug-likeness (QED) is 0.651. The van der Waals surface area contributed by atoms with Gasteiger partial charge in [-0.05, 0) is 30.2 Å². The fourth-order valence-corrected chi connectivity index (χ4v) is 2.06.